The summed E-state index contributed by atoms with van der Waals surface area (Å²) >= 11 is 0. The van der Waals surface area contributed by atoms with Gasteiger partial charge in [-0.25, -0.2) is 0 Å². The molecule has 4 heteroatoms. The Morgan fingerprint density at radius 2 is 1.94 bits per heavy atom. The lowest BCUT2D eigenvalue weighted by Gasteiger charge is -2.36. The van der Waals surface area contributed by atoms with Crippen molar-refractivity contribution in [3.8, 4) is 0 Å². The number of likely N-dealkylation sites (tertiary alicyclic amines) is 1. The average Bonchev–Trinajstić information content (AvgIpc) is 2.29. The van der Waals surface area contributed by atoms with Crippen LogP contribution in [0.15, 0.2) is 0 Å². The molecule has 0 unspecified atom stereocenters. The van der Waals surface area contributed by atoms with Crippen molar-refractivity contribution in [2.24, 2.45) is 0 Å². The Labute approximate surface area is 98.4 Å². The molecule has 0 radical (unpaired) electrons. The van der Waals surface area contributed by atoms with Crippen LogP contribution in [0.3, 0.4) is 0 Å². The molecule has 0 aliphatic carbocycles. The van der Waals surface area contributed by atoms with Crippen molar-refractivity contribution in [1.82, 2.24) is 15.5 Å². The largest absolute Gasteiger partial charge is 0.388 e. The van der Waals surface area contributed by atoms with E-state index in [1.165, 1.54) is 25.9 Å². The molecule has 0 amide bonds. The van der Waals surface area contributed by atoms with Gasteiger partial charge in [-0.1, -0.05) is 0 Å². The smallest absolute Gasteiger partial charge is 0.0795 e. The monoisotopic (exact) mass is 227 g/mol. The van der Waals surface area contributed by atoms with Crippen molar-refractivity contribution >= 4 is 0 Å². The third-order valence-electron chi connectivity index (χ3n) is 3.97. The van der Waals surface area contributed by atoms with Crippen LogP contribution in [0.4, 0.5) is 0 Å². The second-order valence-electron chi connectivity index (χ2n) is 5.43. The summed E-state index contributed by atoms with van der Waals surface area (Å²) in [6.07, 6.45) is 4.19. The molecule has 2 rings (SSSR count). The van der Waals surface area contributed by atoms with E-state index in [0.29, 0.717) is 6.04 Å². The highest BCUT2D eigenvalue weighted by atomic mass is 16.3. The van der Waals surface area contributed by atoms with Crippen molar-refractivity contribution < 1.29 is 5.11 Å². The highest BCUT2D eigenvalue weighted by Crippen LogP contribution is 2.18. The predicted molar refractivity (Wildman–Crippen MR) is 65.6 cm³/mol. The fraction of sp³-hybridized carbons (Fsp3) is 1.00. The van der Waals surface area contributed by atoms with Crippen molar-refractivity contribution in [1.29, 1.82) is 0 Å². The first-order valence-corrected chi connectivity index (χ1v) is 6.53. The maximum Gasteiger partial charge on any atom is 0.0795 e. The van der Waals surface area contributed by atoms with Crippen molar-refractivity contribution in [2.75, 3.05) is 39.8 Å². The molecule has 0 spiro atoms. The zero-order valence-corrected chi connectivity index (χ0v) is 10.3. The van der Waals surface area contributed by atoms with Crippen molar-refractivity contribution in [3.63, 3.8) is 0 Å². The Morgan fingerprint density at radius 1 is 1.31 bits per heavy atom. The third kappa shape index (κ3) is 3.42. The Morgan fingerprint density at radius 3 is 2.56 bits per heavy atom. The topological polar surface area (TPSA) is 47.5 Å². The summed E-state index contributed by atoms with van der Waals surface area (Å²) in [5, 5.41) is 17.2. The van der Waals surface area contributed by atoms with E-state index in [4.69, 9.17) is 0 Å². The van der Waals surface area contributed by atoms with E-state index in [1.807, 2.05) is 0 Å². The van der Waals surface area contributed by atoms with E-state index in [-0.39, 0.29) is 0 Å². The van der Waals surface area contributed by atoms with E-state index in [2.05, 4.69) is 22.6 Å². The Kier molecular flexibility index (Phi) is 4.19. The van der Waals surface area contributed by atoms with Crippen LogP contribution < -0.4 is 10.6 Å². The molecule has 2 aliphatic heterocycles. The number of aliphatic hydroxyl groups is 1. The van der Waals surface area contributed by atoms with E-state index in [0.717, 1.165) is 32.5 Å². The fourth-order valence-corrected chi connectivity index (χ4v) is 2.62. The van der Waals surface area contributed by atoms with Gasteiger partial charge in [0.25, 0.3) is 0 Å². The minimum atomic E-state index is -0.464. The number of piperidine rings is 2. The molecular formula is C12H25N3O. The van der Waals surface area contributed by atoms with Gasteiger partial charge >= 0.3 is 0 Å². The van der Waals surface area contributed by atoms with Gasteiger partial charge in [0.05, 0.1) is 5.60 Å². The molecule has 0 aromatic rings. The number of rotatable bonds is 3. The second-order valence-corrected chi connectivity index (χ2v) is 5.43. The maximum atomic E-state index is 10.3. The lowest BCUT2D eigenvalue weighted by Crippen LogP contribution is -2.52. The van der Waals surface area contributed by atoms with Crippen LogP contribution in [0.2, 0.25) is 0 Å². The van der Waals surface area contributed by atoms with Crippen LogP contribution in [0.5, 0.6) is 0 Å². The third-order valence-corrected chi connectivity index (χ3v) is 3.97. The molecule has 0 saturated carbocycles. The zero-order chi connectivity index (χ0) is 11.4. The highest BCUT2D eigenvalue weighted by molar-refractivity contribution is 4.88. The van der Waals surface area contributed by atoms with Gasteiger partial charge in [-0.05, 0) is 58.9 Å². The van der Waals surface area contributed by atoms with E-state index in [9.17, 15) is 5.11 Å². The molecule has 16 heavy (non-hydrogen) atoms. The molecule has 2 saturated heterocycles. The van der Waals surface area contributed by atoms with Crippen LogP contribution >= 0.6 is 0 Å². The van der Waals surface area contributed by atoms with Gasteiger partial charge in [0.2, 0.25) is 0 Å². The van der Waals surface area contributed by atoms with Crippen LogP contribution in [-0.4, -0.2) is 61.4 Å². The lowest BCUT2D eigenvalue weighted by molar-refractivity contribution is 0.00708. The second kappa shape index (κ2) is 5.45. The first-order valence-electron chi connectivity index (χ1n) is 6.53. The molecule has 94 valence electrons. The minimum Gasteiger partial charge on any atom is -0.388 e. The Balaban J connectivity index is 1.70. The molecule has 0 atom stereocenters. The molecule has 0 bridgehead atoms. The van der Waals surface area contributed by atoms with Gasteiger partial charge < -0.3 is 20.6 Å². The van der Waals surface area contributed by atoms with Crippen molar-refractivity contribution in [2.45, 2.75) is 37.3 Å². The molecule has 3 N–H and O–H groups in total. The van der Waals surface area contributed by atoms with Gasteiger partial charge in [-0.15, -0.1) is 0 Å². The first-order chi connectivity index (χ1) is 7.68. The molecule has 4 nitrogen and oxygen atoms in total. The first kappa shape index (κ1) is 12.3. The SMILES string of the molecule is CN1CCC(NCC2(O)CCNCC2)CC1. The van der Waals surface area contributed by atoms with E-state index < -0.39 is 5.60 Å². The summed E-state index contributed by atoms with van der Waals surface area (Å²) in [5.41, 5.74) is -0.464. The number of hydrogen-bond acceptors (Lipinski definition) is 4. The van der Waals surface area contributed by atoms with Crippen LogP contribution in [0, 0.1) is 0 Å². The minimum absolute atomic E-state index is 0.464. The van der Waals surface area contributed by atoms with Crippen LogP contribution in [-0.2, 0) is 0 Å². The standard InChI is InChI=1S/C12H25N3O/c1-15-8-2-11(3-9-15)14-10-12(16)4-6-13-7-5-12/h11,13-14,16H,2-10H2,1H3. The molecular weight excluding hydrogens is 202 g/mol. The van der Waals surface area contributed by atoms with Gasteiger partial charge in [-0.2, -0.15) is 0 Å². The van der Waals surface area contributed by atoms with Crippen molar-refractivity contribution in [3.05, 3.63) is 0 Å². The normalized spacial score (nSPS) is 28.1. The Hall–Kier alpha value is -0.160. The summed E-state index contributed by atoms with van der Waals surface area (Å²) in [7, 11) is 2.18. The van der Waals surface area contributed by atoms with Gasteiger partial charge in [0, 0.05) is 12.6 Å². The summed E-state index contributed by atoms with van der Waals surface area (Å²) in [4.78, 5) is 2.37. The van der Waals surface area contributed by atoms with Gasteiger partial charge in [0.1, 0.15) is 0 Å². The number of nitrogens with zero attached hydrogens (tertiary/aromatic N) is 1. The number of hydrogen-bond donors (Lipinski definition) is 3. The van der Waals surface area contributed by atoms with Crippen LogP contribution in [0.1, 0.15) is 25.7 Å². The van der Waals surface area contributed by atoms with Gasteiger partial charge in [0.15, 0.2) is 0 Å². The summed E-state index contributed by atoms with van der Waals surface area (Å²) in [6, 6.07) is 0.607. The molecule has 0 aromatic heterocycles. The van der Waals surface area contributed by atoms with E-state index >= 15 is 0 Å². The van der Waals surface area contributed by atoms with E-state index in [1.54, 1.807) is 0 Å². The maximum absolute atomic E-state index is 10.3. The number of nitrogens with one attached hydrogen (secondary N) is 2. The molecule has 0 aromatic carbocycles. The summed E-state index contributed by atoms with van der Waals surface area (Å²) in [5.74, 6) is 0. The summed E-state index contributed by atoms with van der Waals surface area (Å²) in [6.45, 7) is 5.02. The Bertz CT molecular complexity index is 208. The zero-order valence-electron chi connectivity index (χ0n) is 10.3. The average molecular weight is 227 g/mol. The lowest BCUT2D eigenvalue weighted by atomic mass is 9.91. The van der Waals surface area contributed by atoms with Gasteiger partial charge in [-0.3, -0.25) is 0 Å². The molecule has 2 aliphatic rings. The summed E-state index contributed by atoms with van der Waals surface area (Å²) < 4.78 is 0. The highest BCUT2D eigenvalue weighted by Gasteiger charge is 2.29. The molecule has 2 fully saturated rings. The predicted octanol–water partition coefficient (Wildman–Crippen LogP) is -0.215. The molecule has 2 heterocycles. The van der Waals surface area contributed by atoms with Crippen LogP contribution in [0.25, 0.3) is 0 Å². The fourth-order valence-electron chi connectivity index (χ4n) is 2.62. The quantitative estimate of drug-likeness (QED) is 0.624.